The van der Waals surface area contributed by atoms with Crippen molar-refractivity contribution in [1.29, 1.82) is 0 Å². The largest absolute Gasteiger partial charge is 0.462 e. The Morgan fingerprint density at radius 3 is 1.27 bits per heavy atom. The molecule has 1 N–H and O–H groups in total. The lowest BCUT2D eigenvalue weighted by atomic mass is 10.0. The average molecular weight is 427 g/mol. The summed E-state index contributed by atoms with van der Waals surface area (Å²) in [7, 11) is 0. The molecule has 0 spiro atoms. The van der Waals surface area contributed by atoms with Gasteiger partial charge in [-0.15, -0.1) is 0 Å². The van der Waals surface area contributed by atoms with E-state index in [1.165, 1.54) is 83.5 Å². The maximum absolute atomic E-state index is 11.9. The van der Waals surface area contributed by atoms with Crippen molar-refractivity contribution in [3.8, 4) is 0 Å². The molecule has 1 unspecified atom stereocenters. The molecule has 0 aromatic carbocycles. The van der Waals surface area contributed by atoms with Gasteiger partial charge in [-0.25, -0.2) is 0 Å². The van der Waals surface area contributed by atoms with Gasteiger partial charge in [-0.05, 0) is 12.8 Å². The Morgan fingerprint density at radius 1 is 0.567 bits per heavy atom. The van der Waals surface area contributed by atoms with Crippen molar-refractivity contribution < 1.29 is 24.2 Å². The van der Waals surface area contributed by atoms with Crippen molar-refractivity contribution in [2.45, 2.75) is 135 Å². The predicted octanol–water partition coefficient (Wildman–Crippen LogP) is 6.25. The van der Waals surface area contributed by atoms with E-state index in [1.54, 1.807) is 0 Å². The number of cyclic esters (lactones) is 2. The number of carbonyl (C=O) groups excluding carboxylic acids is 2. The molecule has 0 bridgehead atoms. The van der Waals surface area contributed by atoms with Crippen molar-refractivity contribution in [2.75, 3.05) is 13.2 Å². The second-order valence-corrected chi connectivity index (χ2v) is 8.84. The van der Waals surface area contributed by atoms with E-state index in [9.17, 15) is 14.7 Å². The fourth-order valence-corrected chi connectivity index (χ4v) is 3.99. The Balaban J connectivity index is 2.27. The second kappa shape index (κ2) is 19.8. The Kier molecular flexibility index (Phi) is 17.8. The molecule has 0 radical (unpaired) electrons. The monoisotopic (exact) mass is 426 g/mol. The zero-order valence-electron chi connectivity index (χ0n) is 19.2. The number of ether oxygens (including phenoxy) is 2. The molecule has 176 valence electrons. The van der Waals surface area contributed by atoms with E-state index in [1.807, 2.05) is 0 Å². The SMILES string of the molecule is O=C1CCCCCCCCCCCCCCCCCCCCC(=O)OC(CO)CO1. The zero-order chi connectivity index (χ0) is 21.7. The number of carbonyl (C=O) groups is 2. The molecular weight excluding hydrogens is 380 g/mol. The molecule has 5 nitrogen and oxygen atoms in total. The molecule has 5 heteroatoms. The van der Waals surface area contributed by atoms with Crippen LogP contribution in [0.2, 0.25) is 0 Å². The van der Waals surface area contributed by atoms with Crippen LogP contribution < -0.4 is 0 Å². The van der Waals surface area contributed by atoms with Crippen LogP contribution in [0.15, 0.2) is 0 Å². The van der Waals surface area contributed by atoms with Gasteiger partial charge in [0.2, 0.25) is 0 Å². The van der Waals surface area contributed by atoms with Crippen molar-refractivity contribution in [3.05, 3.63) is 0 Å². The van der Waals surface area contributed by atoms with Crippen molar-refractivity contribution >= 4 is 11.9 Å². The van der Waals surface area contributed by atoms with Crippen molar-refractivity contribution in [1.82, 2.24) is 0 Å². The Morgan fingerprint density at radius 2 is 0.900 bits per heavy atom. The fourth-order valence-electron chi connectivity index (χ4n) is 3.99. The standard InChI is InChI=1S/C25H46O5/c26-21-23-22-29-24(27)19-17-15-13-11-9-7-5-3-1-2-4-6-8-10-12-14-16-18-20-25(28)30-23/h23,26H,1-22H2. The van der Waals surface area contributed by atoms with Gasteiger partial charge in [0.05, 0.1) is 6.61 Å². The van der Waals surface area contributed by atoms with E-state index in [-0.39, 0.29) is 25.2 Å². The van der Waals surface area contributed by atoms with Crippen LogP contribution in [0.5, 0.6) is 0 Å². The predicted molar refractivity (Wildman–Crippen MR) is 120 cm³/mol. The lowest BCUT2D eigenvalue weighted by Crippen LogP contribution is -2.28. The van der Waals surface area contributed by atoms with Crippen LogP contribution in [-0.4, -0.2) is 36.4 Å². The lowest BCUT2D eigenvalue weighted by molar-refractivity contribution is -0.161. The van der Waals surface area contributed by atoms with E-state index in [2.05, 4.69) is 0 Å². The van der Waals surface area contributed by atoms with Crippen LogP contribution in [0.1, 0.15) is 128 Å². The van der Waals surface area contributed by atoms with Crippen LogP contribution >= 0.6 is 0 Å². The molecule has 30 heavy (non-hydrogen) atoms. The van der Waals surface area contributed by atoms with Gasteiger partial charge in [-0.2, -0.15) is 0 Å². The summed E-state index contributed by atoms with van der Waals surface area (Å²) < 4.78 is 10.4. The minimum atomic E-state index is -0.750. The van der Waals surface area contributed by atoms with Gasteiger partial charge in [-0.1, -0.05) is 103 Å². The molecule has 1 atom stereocenters. The summed E-state index contributed by atoms with van der Waals surface area (Å²) in [6.07, 6.45) is 22.1. The van der Waals surface area contributed by atoms with Gasteiger partial charge in [0.1, 0.15) is 6.61 Å². The van der Waals surface area contributed by atoms with Gasteiger partial charge in [0.15, 0.2) is 6.10 Å². The van der Waals surface area contributed by atoms with Gasteiger partial charge >= 0.3 is 11.9 Å². The molecule has 1 fully saturated rings. The summed E-state index contributed by atoms with van der Waals surface area (Å²) in [6.45, 7) is -0.375. The third-order valence-electron chi connectivity index (χ3n) is 5.94. The number of aliphatic hydroxyl groups is 1. The number of aliphatic hydroxyl groups excluding tert-OH is 1. The average Bonchev–Trinajstić information content (AvgIpc) is 2.74. The maximum atomic E-state index is 11.9. The summed E-state index contributed by atoms with van der Waals surface area (Å²) in [5.74, 6) is -0.586. The van der Waals surface area contributed by atoms with Gasteiger partial charge in [0, 0.05) is 12.8 Å². The number of hydrogen-bond donors (Lipinski definition) is 1. The first kappa shape index (κ1) is 26.9. The highest BCUT2D eigenvalue weighted by molar-refractivity contribution is 5.70. The Hall–Kier alpha value is -1.10. The number of hydrogen-bond acceptors (Lipinski definition) is 5. The highest BCUT2D eigenvalue weighted by Gasteiger charge is 2.16. The van der Waals surface area contributed by atoms with Crippen LogP contribution in [0, 0.1) is 0 Å². The fraction of sp³-hybridized carbons (Fsp3) is 0.920. The van der Waals surface area contributed by atoms with Crippen LogP contribution in [0.3, 0.4) is 0 Å². The molecule has 0 amide bonds. The van der Waals surface area contributed by atoms with Gasteiger partial charge in [-0.3, -0.25) is 9.59 Å². The highest BCUT2D eigenvalue weighted by atomic mass is 16.6. The van der Waals surface area contributed by atoms with Gasteiger partial charge in [0.25, 0.3) is 0 Å². The van der Waals surface area contributed by atoms with Gasteiger partial charge < -0.3 is 14.6 Å². The summed E-state index contributed by atoms with van der Waals surface area (Å²) in [4.78, 5) is 23.8. The minimum Gasteiger partial charge on any atom is -0.462 e. The van der Waals surface area contributed by atoms with Crippen molar-refractivity contribution in [3.63, 3.8) is 0 Å². The van der Waals surface area contributed by atoms with E-state index >= 15 is 0 Å². The Labute approximate surface area is 184 Å². The minimum absolute atomic E-state index is 0.0545. The molecule has 0 aromatic rings. The first-order valence-electron chi connectivity index (χ1n) is 12.7. The normalized spacial score (nSPS) is 24.5. The smallest absolute Gasteiger partial charge is 0.306 e. The molecule has 0 saturated carbocycles. The molecule has 1 aliphatic rings. The lowest BCUT2D eigenvalue weighted by Gasteiger charge is -2.15. The molecule has 1 saturated heterocycles. The first-order chi connectivity index (χ1) is 14.7. The molecule has 1 rings (SSSR count). The van der Waals surface area contributed by atoms with E-state index in [4.69, 9.17) is 9.47 Å². The van der Waals surface area contributed by atoms with Crippen LogP contribution in [0.4, 0.5) is 0 Å². The topological polar surface area (TPSA) is 72.8 Å². The number of rotatable bonds is 1. The highest BCUT2D eigenvalue weighted by Crippen LogP contribution is 2.15. The first-order valence-corrected chi connectivity index (χ1v) is 12.7. The molecule has 1 heterocycles. The van der Waals surface area contributed by atoms with Crippen molar-refractivity contribution in [2.24, 2.45) is 0 Å². The van der Waals surface area contributed by atoms with E-state index < -0.39 is 6.10 Å². The third-order valence-corrected chi connectivity index (χ3v) is 5.94. The Bertz CT molecular complexity index is 424. The summed E-state index contributed by atoms with van der Waals surface area (Å²) in [6, 6.07) is 0. The summed E-state index contributed by atoms with van der Waals surface area (Å²) in [5.41, 5.74) is 0. The van der Waals surface area contributed by atoms with Crippen LogP contribution in [0.25, 0.3) is 0 Å². The zero-order valence-corrected chi connectivity index (χ0v) is 19.2. The molecular formula is C25H46O5. The van der Waals surface area contributed by atoms with E-state index in [0.717, 1.165) is 32.1 Å². The summed E-state index contributed by atoms with van der Waals surface area (Å²) in [5, 5.41) is 9.37. The molecule has 1 aliphatic heterocycles. The third kappa shape index (κ3) is 16.7. The van der Waals surface area contributed by atoms with E-state index in [0.29, 0.717) is 12.8 Å². The summed E-state index contributed by atoms with van der Waals surface area (Å²) >= 11 is 0. The maximum Gasteiger partial charge on any atom is 0.306 e. The molecule has 0 aromatic heterocycles. The second-order valence-electron chi connectivity index (χ2n) is 8.84. The van der Waals surface area contributed by atoms with Crippen LogP contribution in [-0.2, 0) is 19.1 Å². The molecule has 0 aliphatic carbocycles. The number of esters is 2. The quantitative estimate of drug-likeness (QED) is 0.502.